The quantitative estimate of drug-likeness (QED) is 0.679. The van der Waals surface area contributed by atoms with Gasteiger partial charge in [-0.25, -0.2) is 8.42 Å². The number of carbonyl (C=O) groups excluding carboxylic acids is 2. The van der Waals surface area contributed by atoms with E-state index < -0.39 is 10.0 Å². The molecule has 0 aliphatic carbocycles. The van der Waals surface area contributed by atoms with E-state index in [1.54, 1.807) is 6.07 Å². The summed E-state index contributed by atoms with van der Waals surface area (Å²) in [5.41, 5.74) is 2.77. The standard InChI is InChI=1S/C22H27N3O4S/c1-4-24(5-2)18-11-14-20(16(3)15-18)23-30(28,29)19-12-9-17(10-13-19)25-21(26)7-6-8-22(25)27/h9-15,23H,4-8H2,1-3H3. The van der Waals surface area contributed by atoms with Crippen LogP contribution < -0.4 is 14.5 Å². The second-order valence-electron chi connectivity index (χ2n) is 7.25. The smallest absolute Gasteiger partial charge is 0.261 e. The third kappa shape index (κ3) is 4.48. The number of anilines is 3. The molecular weight excluding hydrogens is 402 g/mol. The number of carbonyl (C=O) groups is 2. The molecule has 0 atom stereocenters. The fourth-order valence-corrected chi connectivity index (χ4v) is 4.70. The first-order valence-corrected chi connectivity index (χ1v) is 11.6. The Balaban J connectivity index is 1.81. The second-order valence-corrected chi connectivity index (χ2v) is 8.93. The van der Waals surface area contributed by atoms with Gasteiger partial charge in [-0.3, -0.25) is 19.2 Å². The van der Waals surface area contributed by atoms with E-state index in [0.717, 1.165) is 29.2 Å². The number of nitrogens with zero attached hydrogens (tertiary/aromatic N) is 2. The number of nitrogens with one attached hydrogen (secondary N) is 1. The van der Waals surface area contributed by atoms with Gasteiger partial charge in [0.15, 0.2) is 0 Å². The molecular formula is C22H27N3O4S. The Bertz CT molecular complexity index is 1030. The number of piperidine rings is 1. The highest BCUT2D eigenvalue weighted by Crippen LogP contribution is 2.27. The van der Waals surface area contributed by atoms with Gasteiger partial charge in [0.2, 0.25) is 11.8 Å². The van der Waals surface area contributed by atoms with E-state index >= 15 is 0 Å². The first-order chi connectivity index (χ1) is 14.3. The molecule has 2 aromatic carbocycles. The van der Waals surface area contributed by atoms with Crippen molar-refractivity contribution in [1.29, 1.82) is 0 Å². The van der Waals surface area contributed by atoms with Gasteiger partial charge < -0.3 is 4.90 Å². The average molecular weight is 430 g/mol. The van der Waals surface area contributed by atoms with Gasteiger partial charge in [-0.15, -0.1) is 0 Å². The largest absolute Gasteiger partial charge is 0.372 e. The van der Waals surface area contributed by atoms with Gasteiger partial charge in [-0.1, -0.05) is 0 Å². The van der Waals surface area contributed by atoms with Crippen LogP contribution >= 0.6 is 0 Å². The maximum Gasteiger partial charge on any atom is 0.261 e. The normalized spacial score (nSPS) is 14.7. The van der Waals surface area contributed by atoms with Gasteiger partial charge >= 0.3 is 0 Å². The molecule has 1 N–H and O–H groups in total. The van der Waals surface area contributed by atoms with Crippen LogP contribution in [-0.2, 0) is 19.6 Å². The van der Waals surface area contributed by atoms with Crippen LogP contribution in [-0.4, -0.2) is 33.3 Å². The van der Waals surface area contributed by atoms with Crippen LogP contribution in [0, 0.1) is 6.92 Å². The molecule has 2 aromatic rings. The van der Waals surface area contributed by atoms with Crippen LogP contribution in [0.25, 0.3) is 0 Å². The van der Waals surface area contributed by atoms with Crippen molar-refractivity contribution in [3.8, 4) is 0 Å². The molecule has 2 amide bonds. The van der Waals surface area contributed by atoms with Crippen LogP contribution in [0.5, 0.6) is 0 Å². The van der Waals surface area contributed by atoms with E-state index in [9.17, 15) is 18.0 Å². The summed E-state index contributed by atoms with van der Waals surface area (Å²) >= 11 is 0. The summed E-state index contributed by atoms with van der Waals surface area (Å²) in [5.74, 6) is -0.521. The van der Waals surface area contributed by atoms with Gasteiger partial charge in [0.05, 0.1) is 16.3 Å². The van der Waals surface area contributed by atoms with Gasteiger partial charge in [0.25, 0.3) is 10.0 Å². The minimum Gasteiger partial charge on any atom is -0.372 e. The highest BCUT2D eigenvalue weighted by atomic mass is 32.2. The van der Waals surface area contributed by atoms with Crippen molar-refractivity contribution in [3.63, 3.8) is 0 Å². The summed E-state index contributed by atoms with van der Waals surface area (Å²) in [6, 6.07) is 11.4. The maximum atomic E-state index is 12.8. The molecule has 160 valence electrons. The first-order valence-electron chi connectivity index (χ1n) is 10.1. The Hall–Kier alpha value is -2.87. The van der Waals surface area contributed by atoms with E-state index in [-0.39, 0.29) is 16.7 Å². The molecule has 1 saturated heterocycles. The molecule has 0 unspecified atom stereocenters. The Morgan fingerprint density at radius 1 is 0.967 bits per heavy atom. The molecule has 0 saturated carbocycles. The molecule has 7 nitrogen and oxygen atoms in total. The number of benzene rings is 2. The Kier molecular flexibility index (Phi) is 6.45. The molecule has 0 aromatic heterocycles. The SMILES string of the molecule is CCN(CC)c1ccc(NS(=O)(=O)c2ccc(N3C(=O)CCCC3=O)cc2)c(C)c1. The number of rotatable bonds is 7. The third-order valence-corrected chi connectivity index (χ3v) is 6.65. The zero-order chi connectivity index (χ0) is 21.9. The van der Waals surface area contributed by atoms with Gasteiger partial charge in [-0.05, 0) is 75.2 Å². The molecule has 30 heavy (non-hydrogen) atoms. The molecule has 0 radical (unpaired) electrons. The van der Waals surface area contributed by atoms with Crippen molar-refractivity contribution >= 4 is 38.9 Å². The highest BCUT2D eigenvalue weighted by Gasteiger charge is 2.27. The van der Waals surface area contributed by atoms with Crippen LogP contribution in [0.4, 0.5) is 17.1 Å². The van der Waals surface area contributed by atoms with Crippen molar-refractivity contribution in [2.24, 2.45) is 0 Å². The fraction of sp³-hybridized carbons (Fsp3) is 0.364. The summed E-state index contributed by atoms with van der Waals surface area (Å²) in [4.78, 5) is 27.5. The Labute approximate surface area is 177 Å². The fourth-order valence-electron chi connectivity index (χ4n) is 3.57. The van der Waals surface area contributed by atoms with Crippen LogP contribution in [0.1, 0.15) is 38.7 Å². The number of imide groups is 1. The number of hydrogen-bond donors (Lipinski definition) is 1. The lowest BCUT2D eigenvalue weighted by Crippen LogP contribution is -2.40. The van der Waals surface area contributed by atoms with Crippen LogP contribution in [0.2, 0.25) is 0 Å². The zero-order valence-electron chi connectivity index (χ0n) is 17.5. The van der Waals surface area contributed by atoms with E-state index in [0.29, 0.717) is 30.6 Å². The van der Waals surface area contributed by atoms with Gasteiger partial charge in [-0.2, -0.15) is 0 Å². The number of hydrogen-bond acceptors (Lipinski definition) is 5. The van der Waals surface area contributed by atoms with E-state index in [2.05, 4.69) is 23.5 Å². The predicted octanol–water partition coefficient (Wildman–Crippen LogP) is 3.69. The van der Waals surface area contributed by atoms with E-state index in [1.165, 1.54) is 24.3 Å². The molecule has 8 heteroatoms. The van der Waals surface area contributed by atoms with Gasteiger partial charge in [0, 0.05) is 31.6 Å². The molecule has 1 fully saturated rings. The Morgan fingerprint density at radius 2 is 1.57 bits per heavy atom. The number of sulfonamides is 1. The molecule has 1 aliphatic heterocycles. The van der Waals surface area contributed by atoms with Crippen molar-refractivity contribution in [1.82, 2.24) is 0 Å². The van der Waals surface area contributed by atoms with Crippen LogP contribution in [0.3, 0.4) is 0 Å². The number of aryl methyl sites for hydroxylation is 1. The molecule has 3 rings (SSSR count). The minimum atomic E-state index is -3.81. The topological polar surface area (TPSA) is 86.8 Å². The summed E-state index contributed by atoms with van der Waals surface area (Å²) in [6.45, 7) is 7.75. The number of amides is 2. The lowest BCUT2D eigenvalue weighted by atomic mass is 10.1. The zero-order valence-corrected chi connectivity index (χ0v) is 18.3. The maximum absolute atomic E-state index is 12.8. The molecule has 1 aliphatic rings. The first kappa shape index (κ1) is 21.8. The van der Waals surface area contributed by atoms with E-state index in [4.69, 9.17) is 0 Å². The van der Waals surface area contributed by atoms with Crippen molar-refractivity contribution in [3.05, 3.63) is 48.0 Å². The second kappa shape index (κ2) is 8.87. The van der Waals surface area contributed by atoms with Crippen LogP contribution in [0.15, 0.2) is 47.4 Å². The third-order valence-electron chi connectivity index (χ3n) is 5.27. The average Bonchev–Trinajstić information content (AvgIpc) is 2.71. The predicted molar refractivity (Wildman–Crippen MR) is 118 cm³/mol. The minimum absolute atomic E-state index is 0.0652. The van der Waals surface area contributed by atoms with Gasteiger partial charge in [0.1, 0.15) is 0 Å². The highest BCUT2D eigenvalue weighted by molar-refractivity contribution is 7.92. The lowest BCUT2D eigenvalue weighted by molar-refractivity contribution is -0.129. The summed E-state index contributed by atoms with van der Waals surface area (Å²) in [7, 11) is -3.81. The van der Waals surface area contributed by atoms with E-state index in [1.807, 2.05) is 19.1 Å². The molecule has 1 heterocycles. The molecule has 0 spiro atoms. The lowest BCUT2D eigenvalue weighted by Gasteiger charge is -2.25. The Morgan fingerprint density at radius 3 is 2.10 bits per heavy atom. The summed E-state index contributed by atoms with van der Waals surface area (Å²) < 4.78 is 28.3. The molecule has 0 bridgehead atoms. The summed E-state index contributed by atoms with van der Waals surface area (Å²) in [6.07, 6.45) is 1.18. The van der Waals surface area contributed by atoms with Crippen molar-refractivity contribution in [2.75, 3.05) is 27.6 Å². The summed E-state index contributed by atoms with van der Waals surface area (Å²) in [5, 5.41) is 0. The van der Waals surface area contributed by atoms with Crippen molar-refractivity contribution in [2.45, 2.75) is 44.9 Å². The monoisotopic (exact) mass is 429 g/mol. The van der Waals surface area contributed by atoms with Crippen molar-refractivity contribution < 1.29 is 18.0 Å².